The molecule has 1 heterocycles. The van der Waals surface area contributed by atoms with Gasteiger partial charge in [-0.3, -0.25) is 9.59 Å². The van der Waals surface area contributed by atoms with Crippen molar-refractivity contribution in [3.63, 3.8) is 0 Å². The normalized spacial score (nSPS) is 29.1. The third-order valence-corrected chi connectivity index (χ3v) is 5.32. The van der Waals surface area contributed by atoms with Crippen molar-refractivity contribution in [3.8, 4) is 0 Å². The van der Waals surface area contributed by atoms with Crippen LogP contribution in [0.25, 0.3) is 0 Å². The summed E-state index contributed by atoms with van der Waals surface area (Å²) in [6.45, 7) is 1.74. The molecule has 1 aromatic rings. The number of thiophene rings is 1. The molecule has 0 spiro atoms. The lowest BCUT2D eigenvalue weighted by molar-refractivity contribution is -0.122. The Labute approximate surface area is 122 Å². The van der Waals surface area contributed by atoms with Gasteiger partial charge in [0.25, 0.3) is 5.91 Å². The second kappa shape index (κ2) is 5.56. The molecule has 5 heteroatoms. The first kappa shape index (κ1) is 13.6. The van der Waals surface area contributed by atoms with E-state index in [0.29, 0.717) is 22.8 Å². The zero-order valence-electron chi connectivity index (χ0n) is 11.6. The average molecular weight is 292 g/mol. The molecule has 0 aromatic carbocycles. The van der Waals surface area contributed by atoms with Crippen LogP contribution in [0.3, 0.4) is 0 Å². The Bertz CT molecular complexity index is 488. The van der Waals surface area contributed by atoms with Gasteiger partial charge in [-0.1, -0.05) is 18.9 Å². The number of nitrogens with one attached hydrogen (secondary N) is 2. The molecule has 2 aliphatic rings. The smallest absolute Gasteiger partial charge is 0.261 e. The van der Waals surface area contributed by atoms with Crippen LogP contribution in [0.5, 0.6) is 0 Å². The first-order valence-corrected chi connectivity index (χ1v) is 8.19. The molecule has 4 nitrogen and oxygen atoms in total. The minimum atomic E-state index is -0.479. The van der Waals surface area contributed by atoms with Gasteiger partial charge in [-0.25, -0.2) is 0 Å². The van der Waals surface area contributed by atoms with E-state index in [1.54, 1.807) is 13.0 Å². The van der Waals surface area contributed by atoms with Crippen LogP contribution in [0.15, 0.2) is 17.5 Å². The van der Waals surface area contributed by atoms with Crippen molar-refractivity contribution in [3.05, 3.63) is 22.4 Å². The highest BCUT2D eigenvalue weighted by Gasteiger charge is 2.51. The minimum Gasteiger partial charge on any atom is -0.351 e. The highest BCUT2D eigenvalue weighted by Crippen LogP contribution is 2.49. The second-order valence-electron chi connectivity index (χ2n) is 5.82. The molecule has 1 aromatic heterocycles. The summed E-state index contributed by atoms with van der Waals surface area (Å²) in [5.41, 5.74) is 0. The number of carbonyl (C=O) groups excluding carboxylic acids is 2. The monoisotopic (exact) mass is 292 g/mol. The van der Waals surface area contributed by atoms with Crippen molar-refractivity contribution in [2.45, 2.75) is 44.7 Å². The quantitative estimate of drug-likeness (QED) is 0.893. The van der Waals surface area contributed by atoms with E-state index < -0.39 is 6.04 Å². The van der Waals surface area contributed by atoms with Crippen molar-refractivity contribution in [1.29, 1.82) is 0 Å². The molecule has 2 amide bonds. The second-order valence-corrected chi connectivity index (χ2v) is 6.77. The molecule has 0 bridgehead atoms. The number of fused-ring (bicyclic) bond motifs is 1. The lowest BCUT2D eigenvalue weighted by atomic mass is 10.0. The van der Waals surface area contributed by atoms with Crippen molar-refractivity contribution in [2.24, 2.45) is 11.8 Å². The van der Waals surface area contributed by atoms with Gasteiger partial charge in [0.15, 0.2) is 0 Å². The van der Waals surface area contributed by atoms with Gasteiger partial charge in [0.05, 0.1) is 4.88 Å². The van der Waals surface area contributed by atoms with E-state index in [0.717, 1.165) is 0 Å². The van der Waals surface area contributed by atoms with Gasteiger partial charge in [-0.15, -0.1) is 11.3 Å². The highest BCUT2D eigenvalue weighted by atomic mass is 32.1. The standard InChI is InChI=1S/C15H20N2O2S/c1-9(16-15(19)12-7-4-8-20-12)14(18)17-13-10-5-2-3-6-11(10)13/h4,7-11,13H,2-3,5-6H2,1H3,(H,16,19)(H,17,18)/t9-,10-,11+,13?/m0/s1. The molecule has 0 radical (unpaired) electrons. The molecule has 2 N–H and O–H groups in total. The van der Waals surface area contributed by atoms with E-state index in [1.807, 2.05) is 11.4 Å². The number of carbonyl (C=O) groups is 2. The summed E-state index contributed by atoms with van der Waals surface area (Å²) in [6, 6.07) is 3.47. The number of rotatable bonds is 4. The van der Waals surface area contributed by atoms with Crippen LogP contribution in [0.2, 0.25) is 0 Å². The van der Waals surface area contributed by atoms with Crippen molar-refractivity contribution < 1.29 is 9.59 Å². The van der Waals surface area contributed by atoms with Crippen LogP contribution in [-0.2, 0) is 4.79 Å². The van der Waals surface area contributed by atoms with Crippen LogP contribution in [0.4, 0.5) is 0 Å². The summed E-state index contributed by atoms with van der Waals surface area (Å²) >= 11 is 1.38. The van der Waals surface area contributed by atoms with Crippen LogP contribution in [0, 0.1) is 11.8 Å². The maximum absolute atomic E-state index is 12.1. The fourth-order valence-electron chi connectivity index (χ4n) is 3.24. The molecule has 2 saturated carbocycles. The van der Waals surface area contributed by atoms with Gasteiger partial charge in [-0.2, -0.15) is 0 Å². The van der Waals surface area contributed by atoms with E-state index in [9.17, 15) is 9.59 Å². The van der Waals surface area contributed by atoms with Crippen molar-refractivity contribution >= 4 is 23.2 Å². The first-order valence-electron chi connectivity index (χ1n) is 7.31. The third kappa shape index (κ3) is 2.73. The number of hydrogen-bond acceptors (Lipinski definition) is 3. The molecular formula is C15H20N2O2S. The Morgan fingerprint density at radius 3 is 2.60 bits per heavy atom. The summed E-state index contributed by atoms with van der Waals surface area (Å²) < 4.78 is 0. The Hall–Kier alpha value is -1.36. The molecule has 20 heavy (non-hydrogen) atoms. The van der Waals surface area contributed by atoms with Crippen molar-refractivity contribution in [1.82, 2.24) is 10.6 Å². The Balaban J connectivity index is 1.49. The predicted octanol–water partition coefficient (Wildman–Crippen LogP) is 2.17. The summed E-state index contributed by atoms with van der Waals surface area (Å²) in [5, 5.41) is 7.71. The van der Waals surface area contributed by atoms with E-state index in [2.05, 4.69) is 10.6 Å². The summed E-state index contributed by atoms with van der Waals surface area (Å²) in [7, 11) is 0. The molecular weight excluding hydrogens is 272 g/mol. The summed E-state index contributed by atoms with van der Waals surface area (Å²) in [5.74, 6) is 1.14. The molecule has 4 atom stereocenters. The molecule has 2 fully saturated rings. The van der Waals surface area contributed by atoms with Gasteiger partial charge in [0.2, 0.25) is 5.91 Å². The largest absolute Gasteiger partial charge is 0.351 e. The van der Waals surface area contributed by atoms with Gasteiger partial charge in [-0.05, 0) is 43.0 Å². The lowest BCUT2D eigenvalue weighted by Crippen LogP contribution is -2.45. The Kier molecular flexibility index (Phi) is 3.78. The van der Waals surface area contributed by atoms with E-state index in [-0.39, 0.29) is 11.8 Å². The number of hydrogen-bond donors (Lipinski definition) is 2. The third-order valence-electron chi connectivity index (χ3n) is 4.45. The fourth-order valence-corrected chi connectivity index (χ4v) is 3.86. The van der Waals surface area contributed by atoms with Gasteiger partial charge >= 0.3 is 0 Å². The van der Waals surface area contributed by atoms with E-state index in [1.165, 1.54) is 37.0 Å². The van der Waals surface area contributed by atoms with E-state index >= 15 is 0 Å². The SMILES string of the molecule is C[C@H](NC(=O)c1cccs1)C(=O)NC1[C@H]2CCCC[C@@H]12. The number of amides is 2. The van der Waals surface area contributed by atoms with Crippen molar-refractivity contribution in [2.75, 3.05) is 0 Å². The molecule has 3 rings (SSSR count). The Morgan fingerprint density at radius 2 is 2.00 bits per heavy atom. The van der Waals surface area contributed by atoms with Crippen LogP contribution in [-0.4, -0.2) is 23.9 Å². The highest BCUT2D eigenvalue weighted by molar-refractivity contribution is 7.12. The van der Waals surface area contributed by atoms with Crippen LogP contribution < -0.4 is 10.6 Å². The zero-order valence-corrected chi connectivity index (χ0v) is 12.4. The first-order chi connectivity index (χ1) is 9.66. The summed E-state index contributed by atoms with van der Waals surface area (Å²) in [6.07, 6.45) is 5.06. The zero-order chi connectivity index (χ0) is 14.1. The predicted molar refractivity (Wildman–Crippen MR) is 78.6 cm³/mol. The molecule has 0 saturated heterocycles. The molecule has 0 aliphatic heterocycles. The van der Waals surface area contributed by atoms with Crippen LogP contribution in [0.1, 0.15) is 42.3 Å². The summed E-state index contributed by atoms with van der Waals surface area (Å²) in [4.78, 5) is 24.7. The molecule has 1 unspecified atom stereocenters. The van der Waals surface area contributed by atoms with Gasteiger partial charge in [0, 0.05) is 6.04 Å². The topological polar surface area (TPSA) is 58.2 Å². The molecule has 108 valence electrons. The van der Waals surface area contributed by atoms with Crippen LogP contribution >= 0.6 is 11.3 Å². The maximum Gasteiger partial charge on any atom is 0.261 e. The maximum atomic E-state index is 12.1. The van der Waals surface area contributed by atoms with Gasteiger partial charge in [0.1, 0.15) is 6.04 Å². The minimum absolute atomic E-state index is 0.0608. The molecule has 2 aliphatic carbocycles. The van der Waals surface area contributed by atoms with Gasteiger partial charge < -0.3 is 10.6 Å². The van der Waals surface area contributed by atoms with E-state index in [4.69, 9.17) is 0 Å². The Morgan fingerprint density at radius 1 is 1.30 bits per heavy atom. The lowest BCUT2D eigenvalue weighted by Gasteiger charge is -2.13. The average Bonchev–Trinajstić information content (AvgIpc) is 2.90. The fraction of sp³-hybridized carbons (Fsp3) is 0.600.